The Labute approximate surface area is 126 Å². The Morgan fingerprint density at radius 3 is 2.90 bits per heavy atom. The highest BCUT2D eigenvalue weighted by atomic mass is 32.2. The average molecular weight is 306 g/mol. The van der Waals surface area contributed by atoms with Crippen molar-refractivity contribution < 1.29 is 9.63 Å². The molecule has 0 saturated heterocycles. The summed E-state index contributed by atoms with van der Waals surface area (Å²) < 4.78 is 7.53. The molecule has 4 rings (SSSR count). The number of hydrogen-bond donors (Lipinski definition) is 1. The van der Waals surface area contributed by atoms with Crippen molar-refractivity contribution in [3.8, 4) is 0 Å². The molecular weight excluding hydrogens is 288 g/mol. The van der Waals surface area contributed by atoms with Crippen LogP contribution in [-0.2, 0) is 25.2 Å². The van der Waals surface area contributed by atoms with Crippen LogP contribution in [0.3, 0.4) is 0 Å². The quantitative estimate of drug-likeness (QED) is 0.854. The molecule has 0 amide bonds. The Morgan fingerprint density at radius 1 is 1.24 bits per heavy atom. The van der Waals surface area contributed by atoms with Crippen molar-refractivity contribution in [2.45, 2.75) is 62.1 Å². The van der Waals surface area contributed by atoms with Crippen molar-refractivity contribution in [2.24, 2.45) is 0 Å². The number of aromatic nitrogens is 4. The lowest BCUT2D eigenvalue weighted by Crippen LogP contribution is -2.04. The summed E-state index contributed by atoms with van der Waals surface area (Å²) in [5, 5.41) is 22.8. The lowest BCUT2D eigenvalue weighted by Gasteiger charge is -2.09. The van der Waals surface area contributed by atoms with E-state index in [2.05, 4.69) is 19.9 Å². The fourth-order valence-electron chi connectivity index (χ4n) is 2.91. The first-order valence-electron chi connectivity index (χ1n) is 7.50. The Balaban J connectivity index is 1.52. The topological polar surface area (TPSA) is 77.0 Å². The van der Waals surface area contributed by atoms with E-state index in [1.165, 1.54) is 18.4 Å². The van der Waals surface area contributed by atoms with Gasteiger partial charge in [-0.05, 0) is 32.1 Å². The number of aliphatic hydroxyl groups excluding tert-OH is 1. The Kier molecular flexibility index (Phi) is 3.46. The van der Waals surface area contributed by atoms with Crippen LogP contribution in [0.25, 0.3) is 0 Å². The lowest BCUT2D eigenvalue weighted by atomic mass is 9.97. The molecule has 0 atom stereocenters. The first kappa shape index (κ1) is 13.3. The van der Waals surface area contributed by atoms with Crippen molar-refractivity contribution in [1.29, 1.82) is 0 Å². The number of nitrogens with zero attached hydrogens (tertiary/aromatic N) is 4. The molecule has 1 saturated carbocycles. The van der Waals surface area contributed by atoms with Gasteiger partial charge in [-0.15, -0.1) is 10.2 Å². The second-order valence-corrected chi connectivity index (χ2v) is 6.63. The van der Waals surface area contributed by atoms with E-state index in [9.17, 15) is 5.11 Å². The highest BCUT2D eigenvalue weighted by Crippen LogP contribution is 2.39. The van der Waals surface area contributed by atoms with Crippen LogP contribution in [0.15, 0.2) is 9.68 Å². The van der Waals surface area contributed by atoms with Gasteiger partial charge in [0.25, 0.3) is 0 Å². The number of hydrogen-bond acceptors (Lipinski definition) is 6. The minimum absolute atomic E-state index is 0.0522. The number of thioether (sulfide) groups is 1. The molecule has 6 nitrogen and oxygen atoms in total. The maximum atomic E-state index is 9.36. The maximum Gasteiger partial charge on any atom is 0.191 e. The van der Waals surface area contributed by atoms with Gasteiger partial charge in [0.2, 0.25) is 0 Å². The summed E-state index contributed by atoms with van der Waals surface area (Å²) in [6.45, 7) is -0.0522. The standard InChI is InChI=1S/C14H18N4O2S/c19-7-13-15-16-14(18(13)9-5-6-9)21-8-11-10-3-1-2-4-12(10)20-17-11/h9,19H,1-8H2. The molecule has 1 N–H and O–H groups in total. The summed E-state index contributed by atoms with van der Waals surface area (Å²) in [4.78, 5) is 0. The summed E-state index contributed by atoms with van der Waals surface area (Å²) in [7, 11) is 0. The van der Waals surface area contributed by atoms with E-state index in [0.717, 1.165) is 48.0 Å². The van der Waals surface area contributed by atoms with Crippen LogP contribution in [-0.4, -0.2) is 25.0 Å². The summed E-state index contributed by atoms with van der Waals surface area (Å²) in [5.74, 6) is 2.49. The van der Waals surface area contributed by atoms with Gasteiger partial charge >= 0.3 is 0 Å². The molecular formula is C14H18N4O2S. The molecule has 7 heteroatoms. The number of aryl methyl sites for hydroxylation is 1. The van der Waals surface area contributed by atoms with Crippen molar-refractivity contribution in [3.05, 3.63) is 22.8 Å². The van der Waals surface area contributed by atoms with Gasteiger partial charge in [0.1, 0.15) is 12.4 Å². The van der Waals surface area contributed by atoms with Crippen LogP contribution < -0.4 is 0 Å². The third-order valence-electron chi connectivity index (χ3n) is 4.16. The van der Waals surface area contributed by atoms with Crippen molar-refractivity contribution in [3.63, 3.8) is 0 Å². The molecule has 21 heavy (non-hydrogen) atoms. The van der Waals surface area contributed by atoms with Gasteiger partial charge in [0, 0.05) is 23.8 Å². The van der Waals surface area contributed by atoms with E-state index < -0.39 is 0 Å². The van der Waals surface area contributed by atoms with Gasteiger partial charge in [-0.25, -0.2) is 0 Å². The Morgan fingerprint density at radius 2 is 2.10 bits per heavy atom. The Hall–Kier alpha value is -1.34. The average Bonchev–Trinajstić information content (AvgIpc) is 3.14. The van der Waals surface area contributed by atoms with Crippen molar-refractivity contribution in [1.82, 2.24) is 19.9 Å². The summed E-state index contributed by atoms with van der Waals surface area (Å²) >= 11 is 1.64. The minimum Gasteiger partial charge on any atom is -0.388 e. The number of rotatable bonds is 5. The molecule has 0 aromatic carbocycles. The zero-order chi connectivity index (χ0) is 14.2. The van der Waals surface area contributed by atoms with Crippen LogP contribution in [0, 0.1) is 0 Å². The highest BCUT2D eigenvalue weighted by molar-refractivity contribution is 7.98. The van der Waals surface area contributed by atoms with Crippen LogP contribution >= 0.6 is 11.8 Å². The van der Waals surface area contributed by atoms with Crippen LogP contribution in [0.5, 0.6) is 0 Å². The SMILES string of the molecule is OCc1nnc(SCc2noc3c2CCCC3)n1C1CC1. The molecule has 0 unspecified atom stereocenters. The van der Waals surface area contributed by atoms with Gasteiger partial charge in [0.05, 0.1) is 5.69 Å². The lowest BCUT2D eigenvalue weighted by molar-refractivity contribution is 0.263. The van der Waals surface area contributed by atoms with E-state index >= 15 is 0 Å². The van der Waals surface area contributed by atoms with Gasteiger partial charge in [-0.3, -0.25) is 0 Å². The first-order valence-corrected chi connectivity index (χ1v) is 8.49. The van der Waals surface area contributed by atoms with E-state index in [0.29, 0.717) is 11.9 Å². The van der Waals surface area contributed by atoms with Crippen LogP contribution in [0.1, 0.15) is 54.6 Å². The summed E-state index contributed by atoms with van der Waals surface area (Å²) in [6, 6.07) is 0.468. The van der Waals surface area contributed by atoms with Crippen LogP contribution in [0.4, 0.5) is 0 Å². The third kappa shape index (κ3) is 2.48. The molecule has 0 aliphatic heterocycles. The predicted octanol–water partition coefficient (Wildman–Crippen LogP) is 2.26. The molecule has 1 fully saturated rings. The van der Waals surface area contributed by atoms with Gasteiger partial charge in [-0.1, -0.05) is 16.9 Å². The van der Waals surface area contributed by atoms with Crippen LogP contribution in [0.2, 0.25) is 0 Å². The van der Waals surface area contributed by atoms with Gasteiger partial charge in [0.15, 0.2) is 11.0 Å². The molecule has 0 bridgehead atoms. The fraction of sp³-hybridized carbons (Fsp3) is 0.643. The zero-order valence-electron chi connectivity index (χ0n) is 11.8. The monoisotopic (exact) mass is 306 g/mol. The van der Waals surface area contributed by atoms with E-state index in [1.54, 1.807) is 11.8 Å². The number of fused-ring (bicyclic) bond motifs is 1. The smallest absolute Gasteiger partial charge is 0.191 e. The van der Waals surface area contributed by atoms with E-state index in [-0.39, 0.29) is 6.61 Å². The highest BCUT2D eigenvalue weighted by Gasteiger charge is 2.29. The molecule has 0 radical (unpaired) electrons. The third-order valence-corrected chi connectivity index (χ3v) is 5.11. The molecule has 2 heterocycles. The molecule has 2 aromatic rings. The van der Waals surface area contributed by atoms with Gasteiger partial charge < -0.3 is 14.2 Å². The second-order valence-electron chi connectivity index (χ2n) is 5.68. The normalized spacial score (nSPS) is 18.0. The molecule has 2 aliphatic rings. The summed E-state index contributed by atoms with van der Waals surface area (Å²) in [5.41, 5.74) is 2.35. The molecule has 2 aromatic heterocycles. The van der Waals surface area contributed by atoms with Crippen molar-refractivity contribution in [2.75, 3.05) is 0 Å². The zero-order valence-corrected chi connectivity index (χ0v) is 12.6. The summed E-state index contributed by atoms with van der Waals surface area (Å²) in [6.07, 6.45) is 6.81. The maximum absolute atomic E-state index is 9.36. The van der Waals surface area contributed by atoms with E-state index in [1.807, 2.05) is 0 Å². The van der Waals surface area contributed by atoms with Crippen molar-refractivity contribution >= 4 is 11.8 Å². The number of aliphatic hydroxyl groups is 1. The van der Waals surface area contributed by atoms with E-state index in [4.69, 9.17) is 4.52 Å². The molecule has 0 spiro atoms. The molecule has 2 aliphatic carbocycles. The second kappa shape index (κ2) is 5.46. The van der Waals surface area contributed by atoms with Gasteiger partial charge in [-0.2, -0.15) is 0 Å². The largest absolute Gasteiger partial charge is 0.388 e. The predicted molar refractivity (Wildman–Crippen MR) is 76.9 cm³/mol. The Bertz CT molecular complexity index is 647. The first-order chi connectivity index (χ1) is 10.4. The fourth-order valence-corrected chi connectivity index (χ4v) is 3.89. The minimum atomic E-state index is -0.0522. The molecule has 112 valence electrons.